The van der Waals surface area contributed by atoms with E-state index in [4.69, 9.17) is 18.9 Å². The Morgan fingerprint density at radius 1 is 0.750 bits per heavy atom. The van der Waals surface area contributed by atoms with Crippen LogP contribution < -0.4 is 29.6 Å². The highest BCUT2D eigenvalue weighted by Gasteiger charge is 2.09. The zero-order chi connectivity index (χ0) is 19.9. The predicted octanol–water partition coefficient (Wildman–Crippen LogP) is 3.39. The summed E-state index contributed by atoms with van der Waals surface area (Å²) >= 11 is 0. The number of nitrogens with zero attached hydrogens (tertiary/aromatic N) is 3. The van der Waals surface area contributed by atoms with Gasteiger partial charge in [0.1, 0.15) is 11.5 Å². The molecule has 146 valence electrons. The van der Waals surface area contributed by atoms with E-state index in [-0.39, 0.29) is 0 Å². The highest BCUT2D eigenvalue weighted by atomic mass is 16.5. The molecular weight excluding hydrogens is 362 g/mol. The minimum absolute atomic E-state index is 0.324. The number of benzene rings is 2. The van der Waals surface area contributed by atoms with Crippen LogP contribution in [0.5, 0.6) is 23.0 Å². The van der Waals surface area contributed by atoms with Crippen molar-refractivity contribution in [3.63, 3.8) is 0 Å². The molecule has 0 radical (unpaired) electrons. The molecule has 3 rings (SSSR count). The first-order valence-electron chi connectivity index (χ1n) is 8.34. The van der Waals surface area contributed by atoms with Crippen molar-refractivity contribution in [2.75, 3.05) is 39.1 Å². The van der Waals surface area contributed by atoms with E-state index in [1.54, 1.807) is 46.6 Å². The first-order valence-corrected chi connectivity index (χ1v) is 8.34. The molecule has 0 saturated carbocycles. The average Bonchev–Trinajstić information content (AvgIpc) is 2.74. The highest BCUT2D eigenvalue weighted by Crippen LogP contribution is 2.32. The second kappa shape index (κ2) is 8.76. The van der Waals surface area contributed by atoms with Crippen molar-refractivity contribution in [1.82, 2.24) is 15.2 Å². The summed E-state index contributed by atoms with van der Waals surface area (Å²) in [7, 11) is 6.34. The maximum absolute atomic E-state index is 5.39. The molecule has 9 heteroatoms. The summed E-state index contributed by atoms with van der Waals surface area (Å²) in [5.41, 5.74) is 1.46. The van der Waals surface area contributed by atoms with E-state index in [1.807, 2.05) is 18.2 Å². The van der Waals surface area contributed by atoms with E-state index >= 15 is 0 Å². The van der Waals surface area contributed by atoms with Crippen LogP contribution in [0.3, 0.4) is 0 Å². The number of hydrogen-bond acceptors (Lipinski definition) is 9. The molecule has 2 N–H and O–H groups in total. The fraction of sp³-hybridized carbons (Fsp3) is 0.211. The summed E-state index contributed by atoms with van der Waals surface area (Å²) in [6.45, 7) is 0. The zero-order valence-electron chi connectivity index (χ0n) is 16.0. The van der Waals surface area contributed by atoms with Crippen LogP contribution in [-0.4, -0.2) is 43.6 Å². The van der Waals surface area contributed by atoms with Crippen LogP contribution in [0.4, 0.5) is 23.1 Å². The Morgan fingerprint density at radius 3 is 2.25 bits per heavy atom. The van der Waals surface area contributed by atoms with Crippen molar-refractivity contribution in [2.45, 2.75) is 0 Å². The summed E-state index contributed by atoms with van der Waals surface area (Å²) in [5, 5.41) is 14.2. The minimum atomic E-state index is 0.324. The van der Waals surface area contributed by atoms with E-state index in [1.165, 1.54) is 6.20 Å². The molecule has 0 atom stereocenters. The lowest BCUT2D eigenvalue weighted by Gasteiger charge is -2.13. The lowest BCUT2D eigenvalue weighted by molar-refractivity contribution is 0.355. The molecule has 0 saturated heterocycles. The topological polar surface area (TPSA) is 99.7 Å². The van der Waals surface area contributed by atoms with Gasteiger partial charge in [-0.05, 0) is 24.3 Å². The molecule has 0 spiro atoms. The average molecular weight is 383 g/mol. The molecule has 9 nitrogen and oxygen atoms in total. The van der Waals surface area contributed by atoms with Crippen LogP contribution in [0.25, 0.3) is 0 Å². The first-order chi connectivity index (χ1) is 13.7. The molecule has 28 heavy (non-hydrogen) atoms. The molecule has 1 heterocycles. The van der Waals surface area contributed by atoms with Crippen molar-refractivity contribution in [3.8, 4) is 23.0 Å². The lowest BCUT2D eigenvalue weighted by Crippen LogP contribution is -2.03. The van der Waals surface area contributed by atoms with Crippen LogP contribution in [0.15, 0.2) is 42.6 Å². The van der Waals surface area contributed by atoms with Crippen LogP contribution in [0.2, 0.25) is 0 Å². The number of anilines is 4. The minimum Gasteiger partial charge on any atom is -0.497 e. The van der Waals surface area contributed by atoms with E-state index in [9.17, 15) is 0 Å². The number of ether oxygens (including phenoxy) is 4. The van der Waals surface area contributed by atoms with Gasteiger partial charge in [0.05, 0.1) is 40.3 Å². The molecule has 0 unspecified atom stereocenters. The SMILES string of the molecule is COc1ccc(Nc2cnnc(Nc3ccc(OC)c(OC)c3)n2)c(OC)c1. The molecule has 0 aliphatic carbocycles. The molecule has 0 bridgehead atoms. The number of rotatable bonds is 8. The number of aromatic nitrogens is 3. The largest absolute Gasteiger partial charge is 0.497 e. The Hall–Kier alpha value is -3.75. The number of methoxy groups -OCH3 is 4. The summed E-state index contributed by atoms with van der Waals surface area (Å²) in [6, 6.07) is 10.8. The van der Waals surface area contributed by atoms with Gasteiger partial charge in [-0.2, -0.15) is 10.1 Å². The van der Waals surface area contributed by atoms with E-state index in [0.717, 1.165) is 11.4 Å². The molecule has 0 amide bonds. The third kappa shape index (κ3) is 4.32. The smallest absolute Gasteiger partial charge is 0.249 e. The number of nitrogens with one attached hydrogen (secondary N) is 2. The summed E-state index contributed by atoms with van der Waals surface area (Å²) < 4.78 is 21.1. The fourth-order valence-corrected chi connectivity index (χ4v) is 2.50. The molecular formula is C19H21N5O4. The van der Waals surface area contributed by atoms with Crippen LogP contribution in [-0.2, 0) is 0 Å². The quantitative estimate of drug-likeness (QED) is 0.606. The molecule has 0 fully saturated rings. The normalized spacial score (nSPS) is 10.1. The van der Waals surface area contributed by atoms with Gasteiger partial charge in [-0.25, -0.2) is 0 Å². The molecule has 2 aromatic carbocycles. The van der Waals surface area contributed by atoms with E-state index in [0.29, 0.717) is 34.8 Å². The third-order valence-electron chi connectivity index (χ3n) is 3.87. The van der Waals surface area contributed by atoms with Gasteiger partial charge in [-0.1, -0.05) is 0 Å². The van der Waals surface area contributed by atoms with Gasteiger partial charge in [0.25, 0.3) is 0 Å². The van der Waals surface area contributed by atoms with Gasteiger partial charge in [-0.3, -0.25) is 0 Å². The van der Waals surface area contributed by atoms with Crippen molar-refractivity contribution in [2.24, 2.45) is 0 Å². The fourth-order valence-electron chi connectivity index (χ4n) is 2.50. The van der Waals surface area contributed by atoms with Crippen LogP contribution in [0.1, 0.15) is 0 Å². The maximum Gasteiger partial charge on any atom is 0.249 e. The molecule has 0 aliphatic heterocycles. The Kier molecular flexibility index (Phi) is 5.95. The van der Waals surface area contributed by atoms with Gasteiger partial charge in [0.15, 0.2) is 17.3 Å². The number of hydrogen-bond donors (Lipinski definition) is 2. The maximum atomic E-state index is 5.39. The summed E-state index contributed by atoms with van der Waals surface area (Å²) in [5.74, 6) is 3.37. The van der Waals surface area contributed by atoms with Crippen molar-refractivity contribution >= 4 is 23.1 Å². The molecule has 3 aromatic rings. The monoisotopic (exact) mass is 383 g/mol. The van der Waals surface area contributed by atoms with Crippen LogP contribution in [0, 0.1) is 0 Å². The highest BCUT2D eigenvalue weighted by molar-refractivity contribution is 5.66. The van der Waals surface area contributed by atoms with E-state index < -0.39 is 0 Å². The Bertz CT molecular complexity index is 951. The van der Waals surface area contributed by atoms with Crippen molar-refractivity contribution in [3.05, 3.63) is 42.6 Å². The third-order valence-corrected chi connectivity index (χ3v) is 3.87. The van der Waals surface area contributed by atoms with Gasteiger partial charge in [0.2, 0.25) is 5.95 Å². The van der Waals surface area contributed by atoms with Gasteiger partial charge < -0.3 is 29.6 Å². The summed E-state index contributed by atoms with van der Waals surface area (Å²) in [6.07, 6.45) is 1.52. The van der Waals surface area contributed by atoms with Gasteiger partial charge in [-0.15, -0.1) is 5.10 Å². The Labute approximate surface area is 162 Å². The van der Waals surface area contributed by atoms with Crippen molar-refractivity contribution in [1.29, 1.82) is 0 Å². The first kappa shape index (κ1) is 19.0. The standard InChI is InChI=1S/C19H21N5O4/c1-25-13-6-7-14(16(10-13)27-3)22-18-11-20-24-19(23-18)21-12-5-8-15(26-2)17(9-12)28-4/h5-11H,1-4H3,(H2,21,22,23,24). The van der Waals surface area contributed by atoms with Crippen LogP contribution >= 0.6 is 0 Å². The molecule has 1 aromatic heterocycles. The molecule has 0 aliphatic rings. The summed E-state index contributed by atoms with van der Waals surface area (Å²) in [4.78, 5) is 4.42. The van der Waals surface area contributed by atoms with Gasteiger partial charge >= 0.3 is 0 Å². The second-order valence-corrected chi connectivity index (χ2v) is 5.55. The second-order valence-electron chi connectivity index (χ2n) is 5.55. The van der Waals surface area contributed by atoms with E-state index in [2.05, 4.69) is 25.8 Å². The van der Waals surface area contributed by atoms with Crippen molar-refractivity contribution < 1.29 is 18.9 Å². The van der Waals surface area contributed by atoms with Gasteiger partial charge in [0, 0.05) is 17.8 Å². The zero-order valence-corrected chi connectivity index (χ0v) is 16.0. The Balaban J connectivity index is 1.79. The predicted molar refractivity (Wildman–Crippen MR) is 105 cm³/mol. The lowest BCUT2D eigenvalue weighted by atomic mass is 10.2. The Morgan fingerprint density at radius 2 is 1.54 bits per heavy atom.